The van der Waals surface area contributed by atoms with Crippen LogP contribution >= 0.6 is 0 Å². The second-order valence-electron chi connectivity index (χ2n) is 7.83. The van der Waals surface area contributed by atoms with Crippen molar-refractivity contribution in [3.05, 3.63) is 54.8 Å². The molecule has 2 fully saturated rings. The molecule has 1 aromatic carbocycles. The molecule has 1 spiro atoms. The van der Waals surface area contributed by atoms with Crippen LogP contribution in [0.4, 0.5) is 0 Å². The van der Waals surface area contributed by atoms with E-state index in [0.29, 0.717) is 17.2 Å². The quantitative estimate of drug-likeness (QED) is 0.594. The lowest BCUT2D eigenvalue weighted by Crippen LogP contribution is -2.29. The third-order valence-electron chi connectivity index (χ3n) is 6.24. The van der Waals surface area contributed by atoms with E-state index in [1.807, 2.05) is 41.0 Å². The van der Waals surface area contributed by atoms with Crippen LogP contribution in [0.5, 0.6) is 0 Å². The van der Waals surface area contributed by atoms with Gasteiger partial charge in [-0.1, -0.05) is 17.3 Å². The van der Waals surface area contributed by atoms with Gasteiger partial charge in [0.05, 0.1) is 11.0 Å². The molecular formula is C21H20N6O. The molecule has 0 amide bonds. The van der Waals surface area contributed by atoms with Gasteiger partial charge in [-0.3, -0.25) is 4.57 Å². The van der Waals surface area contributed by atoms with E-state index >= 15 is 0 Å². The summed E-state index contributed by atoms with van der Waals surface area (Å²) >= 11 is 0. The minimum atomic E-state index is 0.389. The lowest BCUT2D eigenvalue weighted by Gasteiger charge is -2.22. The number of imidazole rings is 1. The van der Waals surface area contributed by atoms with Crippen LogP contribution in [0.1, 0.15) is 31.1 Å². The second-order valence-corrected chi connectivity index (χ2v) is 7.83. The van der Waals surface area contributed by atoms with Gasteiger partial charge in [-0.25, -0.2) is 9.97 Å². The number of fused-ring (bicyclic) bond motifs is 1. The minimum Gasteiger partial charge on any atom is -0.339 e. The summed E-state index contributed by atoms with van der Waals surface area (Å²) < 4.78 is 7.58. The Balaban J connectivity index is 1.26. The number of piperidine rings is 1. The standard InChI is InChI=1S/C21H20N6O/c1-2-4-17-16(3-1)24-13-27(17)18-6-5-14(12-23-18)19-25-20(28-26-19)15-11-21(15)7-9-22-10-8-21/h1-6,12-13,15,22H,7-11H2. The Hall–Kier alpha value is -3.06. The molecule has 1 atom stereocenters. The highest BCUT2D eigenvalue weighted by molar-refractivity contribution is 5.76. The van der Waals surface area contributed by atoms with E-state index in [0.717, 1.165) is 41.4 Å². The molecule has 1 saturated heterocycles. The third-order valence-corrected chi connectivity index (χ3v) is 6.24. The maximum Gasteiger partial charge on any atom is 0.230 e. The first-order valence-corrected chi connectivity index (χ1v) is 9.76. The van der Waals surface area contributed by atoms with E-state index in [1.54, 1.807) is 12.5 Å². The summed E-state index contributed by atoms with van der Waals surface area (Å²) in [7, 11) is 0. The van der Waals surface area contributed by atoms with Crippen molar-refractivity contribution in [3.8, 4) is 17.2 Å². The molecule has 1 unspecified atom stereocenters. The van der Waals surface area contributed by atoms with Crippen molar-refractivity contribution >= 4 is 11.0 Å². The maximum atomic E-state index is 5.61. The van der Waals surface area contributed by atoms with Crippen molar-refractivity contribution in [1.29, 1.82) is 0 Å². The molecule has 4 heterocycles. The zero-order valence-electron chi connectivity index (χ0n) is 15.4. The first-order chi connectivity index (χ1) is 13.8. The molecule has 7 heteroatoms. The average Bonchev–Trinajstić information content (AvgIpc) is 3.13. The predicted octanol–water partition coefficient (Wildman–Crippen LogP) is 3.33. The normalized spacial score (nSPS) is 20.6. The molecule has 3 aromatic heterocycles. The average molecular weight is 372 g/mol. The fraction of sp³-hybridized carbons (Fsp3) is 0.333. The van der Waals surface area contributed by atoms with Gasteiger partial charge in [-0.2, -0.15) is 4.98 Å². The highest BCUT2D eigenvalue weighted by atomic mass is 16.5. The molecule has 6 rings (SSSR count). The zero-order chi connectivity index (χ0) is 18.6. The number of nitrogens with zero attached hydrogens (tertiary/aromatic N) is 5. The monoisotopic (exact) mass is 372 g/mol. The Labute approximate surface area is 161 Å². The number of hydrogen-bond donors (Lipinski definition) is 1. The minimum absolute atomic E-state index is 0.389. The summed E-state index contributed by atoms with van der Waals surface area (Å²) in [5.74, 6) is 2.62. The van der Waals surface area contributed by atoms with Crippen LogP contribution in [0, 0.1) is 5.41 Å². The van der Waals surface area contributed by atoms with Crippen LogP contribution in [-0.2, 0) is 0 Å². The smallest absolute Gasteiger partial charge is 0.230 e. The molecule has 1 aliphatic carbocycles. The molecular weight excluding hydrogens is 352 g/mol. The number of rotatable bonds is 3. The van der Waals surface area contributed by atoms with E-state index in [1.165, 1.54) is 19.3 Å². The van der Waals surface area contributed by atoms with Crippen LogP contribution in [0.25, 0.3) is 28.2 Å². The first-order valence-electron chi connectivity index (χ1n) is 9.76. The van der Waals surface area contributed by atoms with Crippen molar-refractivity contribution in [3.63, 3.8) is 0 Å². The van der Waals surface area contributed by atoms with Crippen molar-refractivity contribution < 1.29 is 4.52 Å². The van der Waals surface area contributed by atoms with Crippen LogP contribution in [0.15, 0.2) is 53.4 Å². The van der Waals surface area contributed by atoms with E-state index in [2.05, 4.69) is 25.4 Å². The van der Waals surface area contributed by atoms with Crippen molar-refractivity contribution in [2.75, 3.05) is 13.1 Å². The molecule has 1 saturated carbocycles. The fourth-order valence-electron chi connectivity index (χ4n) is 4.47. The topological polar surface area (TPSA) is 81.7 Å². The highest BCUT2D eigenvalue weighted by Gasteiger charge is 2.57. The number of para-hydroxylation sites is 2. The Morgan fingerprint density at radius 1 is 1.07 bits per heavy atom. The number of pyridine rings is 1. The number of aromatic nitrogens is 5. The van der Waals surface area contributed by atoms with Gasteiger partial charge in [0, 0.05) is 17.7 Å². The molecule has 4 aromatic rings. The summed E-state index contributed by atoms with van der Waals surface area (Å²) in [6.45, 7) is 2.18. The zero-order valence-corrected chi connectivity index (χ0v) is 15.4. The Kier molecular flexibility index (Phi) is 3.40. The van der Waals surface area contributed by atoms with Gasteiger partial charge in [-0.05, 0) is 62.0 Å². The van der Waals surface area contributed by atoms with Gasteiger partial charge in [-0.15, -0.1) is 0 Å². The molecule has 0 bridgehead atoms. The number of hydrogen-bond acceptors (Lipinski definition) is 6. The largest absolute Gasteiger partial charge is 0.339 e. The second kappa shape index (κ2) is 5.97. The predicted molar refractivity (Wildman–Crippen MR) is 104 cm³/mol. The van der Waals surface area contributed by atoms with E-state index < -0.39 is 0 Å². The Morgan fingerprint density at radius 3 is 2.82 bits per heavy atom. The first kappa shape index (κ1) is 15.9. The highest BCUT2D eigenvalue weighted by Crippen LogP contribution is 2.63. The van der Waals surface area contributed by atoms with Gasteiger partial charge in [0.15, 0.2) is 0 Å². The summed E-state index contributed by atoms with van der Waals surface area (Å²) in [5, 5.41) is 7.64. The van der Waals surface area contributed by atoms with Gasteiger partial charge < -0.3 is 9.84 Å². The van der Waals surface area contributed by atoms with Gasteiger partial charge in [0.1, 0.15) is 12.1 Å². The Morgan fingerprint density at radius 2 is 1.96 bits per heavy atom. The van der Waals surface area contributed by atoms with Crippen LogP contribution in [0.2, 0.25) is 0 Å². The summed E-state index contributed by atoms with van der Waals surface area (Å²) in [4.78, 5) is 13.7. The van der Waals surface area contributed by atoms with Crippen molar-refractivity contribution in [2.24, 2.45) is 5.41 Å². The molecule has 28 heavy (non-hydrogen) atoms. The molecule has 1 aliphatic heterocycles. The molecule has 1 N–H and O–H groups in total. The van der Waals surface area contributed by atoms with Gasteiger partial charge >= 0.3 is 0 Å². The summed E-state index contributed by atoms with van der Waals surface area (Å²) in [5.41, 5.74) is 3.24. The van der Waals surface area contributed by atoms with Crippen LogP contribution in [-0.4, -0.2) is 37.8 Å². The molecule has 140 valence electrons. The third kappa shape index (κ3) is 2.46. The molecule has 0 radical (unpaired) electrons. The SMILES string of the molecule is c1ccc2c(c1)ncn2-c1ccc(-c2noc(C3CC34CCNCC4)n2)cn1. The van der Waals surface area contributed by atoms with E-state index in [9.17, 15) is 0 Å². The van der Waals surface area contributed by atoms with E-state index in [-0.39, 0.29) is 0 Å². The lowest BCUT2D eigenvalue weighted by molar-refractivity contribution is 0.311. The Bertz CT molecular complexity index is 1140. The van der Waals surface area contributed by atoms with Gasteiger partial charge in [0.25, 0.3) is 0 Å². The molecule has 7 nitrogen and oxygen atoms in total. The number of benzene rings is 1. The maximum absolute atomic E-state index is 5.61. The van der Waals surface area contributed by atoms with Crippen LogP contribution < -0.4 is 5.32 Å². The van der Waals surface area contributed by atoms with Gasteiger partial charge in [0.2, 0.25) is 11.7 Å². The van der Waals surface area contributed by atoms with Crippen molar-refractivity contribution in [1.82, 2.24) is 30.0 Å². The summed E-state index contributed by atoms with van der Waals surface area (Å²) in [6, 6.07) is 12.0. The molecule has 2 aliphatic rings. The van der Waals surface area contributed by atoms with Crippen LogP contribution in [0.3, 0.4) is 0 Å². The fourth-order valence-corrected chi connectivity index (χ4v) is 4.47. The summed E-state index contributed by atoms with van der Waals surface area (Å²) in [6.07, 6.45) is 7.16. The van der Waals surface area contributed by atoms with Crippen molar-refractivity contribution in [2.45, 2.75) is 25.2 Å². The lowest BCUT2D eigenvalue weighted by atomic mass is 9.92. The number of nitrogens with one attached hydrogen (secondary N) is 1. The van der Waals surface area contributed by atoms with E-state index in [4.69, 9.17) is 4.52 Å².